The van der Waals surface area contributed by atoms with E-state index in [1.54, 1.807) is 25.3 Å². The van der Waals surface area contributed by atoms with E-state index in [0.29, 0.717) is 55.8 Å². The molecule has 0 spiro atoms. The van der Waals surface area contributed by atoms with E-state index in [-0.39, 0.29) is 23.3 Å². The Bertz CT molecular complexity index is 1180. The van der Waals surface area contributed by atoms with Gasteiger partial charge in [0.15, 0.2) is 0 Å². The lowest BCUT2D eigenvalue weighted by atomic mass is 9.98. The Kier molecular flexibility index (Phi) is 6.71. The molecule has 2 aliphatic heterocycles. The summed E-state index contributed by atoms with van der Waals surface area (Å²) in [6.07, 6.45) is 2.95. The molecule has 0 saturated carbocycles. The number of hydrogen-bond donors (Lipinski definition) is 2. The molecular weight excluding hydrogens is 442 g/mol. The van der Waals surface area contributed by atoms with E-state index in [1.165, 1.54) is 10.4 Å². The Morgan fingerprint density at radius 1 is 1.15 bits per heavy atom. The van der Waals surface area contributed by atoms with E-state index in [2.05, 4.69) is 10.6 Å². The van der Waals surface area contributed by atoms with Gasteiger partial charge in [-0.05, 0) is 74.1 Å². The molecule has 0 radical (unpaired) electrons. The number of nitrogens with one attached hydrogen (secondary N) is 2. The van der Waals surface area contributed by atoms with Crippen LogP contribution in [-0.2, 0) is 26.0 Å². The minimum Gasteiger partial charge on any atom is -0.495 e. The average Bonchev–Trinajstić information content (AvgIpc) is 2.99. The quantitative estimate of drug-likeness (QED) is 0.696. The highest BCUT2D eigenvalue weighted by Crippen LogP contribution is 2.30. The molecule has 4 rings (SSSR count). The molecule has 2 heterocycles. The molecule has 1 saturated heterocycles. The van der Waals surface area contributed by atoms with Crippen LogP contribution in [-0.4, -0.2) is 44.7 Å². The van der Waals surface area contributed by atoms with Gasteiger partial charge >= 0.3 is 0 Å². The summed E-state index contributed by atoms with van der Waals surface area (Å²) in [6, 6.07) is 10.4. The van der Waals surface area contributed by atoms with Gasteiger partial charge in [-0.1, -0.05) is 6.07 Å². The van der Waals surface area contributed by atoms with Crippen LogP contribution in [0.3, 0.4) is 0 Å². The summed E-state index contributed by atoms with van der Waals surface area (Å²) in [5, 5.41) is 5.74. The molecule has 0 aromatic heterocycles. The first-order chi connectivity index (χ1) is 15.8. The van der Waals surface area contributed by atoms with Crippen molar-refractivity contribution in [2.75, 3.05) is 30.8 Å². The van der Waals surface area contributed by atoms with E-state index in [0.717, 1.165) is 11.1 Å². The summed E-state index contributed by atoms with van der Waals surface area (Å²) < 4.78 is 33.5. The van der Waals surface area contributed by atoms with Crippen LogP contribution in [0.5, 0.6) is 5.75 Å². The molecule has 9 heteroatoms. The van der Waals surface area contributed by atoms with Crippen molar-refractivity contribution in [3.63, 3.8) is 0 Å². The van der Waals surface area contributed by atoms with Crippen molar-refractivity contribution >= 4 is 33.2 Å². The van der Waals surface area contributed by atoms with E-state index < -0.39 is 15.9 Å². The van der Waals surface area contributed by atoms with Gasteiger partial charge in [0.2, 0.25) is 21.8 Å². The molecule has 2 aromatic carbocycles. The zero-order chi connectivity index (χ0) is 23.6. The van der Waals surface area contributed by atoms with Crippen molar-refractivity contribution in [2.45, 2.75) is 43.9 Å². The van der Waals surface area contributed by atoms with Gasteiger partial charge in [0, 0.05) is 25.2 Å². The standard InChI is InChI=1S/C24H29N3O5S/c1-16-8-11-22(32-2)21(13-16)26-24(29)18-6-4-12-27(15-18)33(30,31)19-9-10-20-17(14-19)5-3-7-23(28)25-20/h8-11,13-14,18H,3-7,12,15H2,1-2H3,(H,25,28)(H,26,29)/t18-/m1/s1. The van der Waals surface area contributed by atoms with Gasteiger partial charge < -0.3 is 15.4 Å². The first-order valence-corrected chi connectivity index (χ1v) is 12.6. The summed E-state index contributed by atoms with van der Waals surface area (Å²) in [5.41, 5.74) is 3.05. The first-order valence-electron chi connectivity index (χ1n) is 11.2. The number of benzene rings is 2. The highest BCUT2D eigenvalue weighted by molar-refractivity contribution is 7.89. The normalized spacial score (nSPS) is 19.2. The summed E-state index contributed by atoms with van der Waals surface area (Å²) in [7, 11) is -2.22. The Labute approximate surface area is 194 Å². The smallest absolute Gasteiger partial charge is 0.243 e. The largest absolute Gasteiger partial charge is 0.495 e. The molecule has 1 atom stereocenters. The lowest BCUT2D eigenvalue weighted by Crippen LogP contribution is -2.43. The van der Waals surface area contributed by atoms with Crippen molar-refractivity contribution in [3.8, 4) is 5.75 Å². The molecule has 1 fully saturated rings. The number of amides is 2. The van der Waals surface area contributed by atoms with Gasteiger partial charge in [-0.3, -0.25) is 9.59 Å². The second-order valence-corrected chi connectivity index (χ2v) is 10.6. The Hall–Kier alpha value is -2.91. The first kappa shape index (κ1) is 23.3. The van der Waals surface area contributed by atoms with Crippen molar-refractivity contribution in [3.05, 3.63) is 47.5 Å². The number of carbonyl (C=O) groups excluding carboxylic acids is 2. The molecule has 2 N–H and O–H groups in total. The molecule has 0 aliphatic carbocycles. The van der Waals surface area contributed by atoms with Crippen molar-refractivity contribution in [1.29, 1.82) is 0 Å². The monoisotopic (exact) mass is 471 g/mol. The zero-order valence-electron chi connectivity index (χ0n) is 18.9. The van der Waals surface area contributed by atoms with E-state index in [4.69, 9.17) is 4.74 Å². The number of hydrogen-bond acceptors (Lipinski definition) is 5. The number of nitrogens with zero attached hydrogens (tertiary/aromatic N) is 1. The third-order valence-electron chi connectivity index (χ3n) is 6.21. The Balaban J connectivity index is 1.51. The fourth-order valence-corrected chi connectivity index (χ4v) is 5.96. The van der Waals surface area contributed by atoms with Crippen molar-refractivity contribution < 1.29 is 22.7 Å². The van der Waals surface area contributed by atoms with E-state index in [1.807, 2.05) is 19.1 Å². The maximum Gasteiger partial charge on any atom is 0.243 e. The molecule has 2 aliphatic rings. The van der Waals surface area contributed by atoms with Gasteiger partial charge in [-0.2, -0.15) is 4.31 Å². The minimum atomic E-state index is -3.76. The number of anilines is 2. The van der Waals surface area contributed by atoms with Crippen LogP contribution in [0, 0.1) is 12.8 Å². The van der Waals surface area contributed by atoms with Crippen LogP contribution >= 0.6 is 0 Å². The summed E-state index contributed by atoms with van der Waals surface area (Å²) in [5.74, 6) is -0.173. The van der Waals surface area contributed by atoms with Crippen LogP contribution in [0.15, 0.2) is 41.3 Å². The number of fused-ring (bicyclic) bond motifs is 1. The fourth-order valence-electron chi connectivity index (χ4n) is 4.39. The maximum atomic E-state index is 13.4. The van der Waals surface area contributed by atoms with Crippen molar-refractivity contribution in [1.82, 2.24) is 4.31 Å². The number of piperidine rings is 1. The second kappa shape index (κ2) is 9.52. The third-order valence-corrected chi connectivity index (χ3v) is 8.07. The topological polar surface area (TPSA) is 105 Å². The van der Waals surface area contributed by atoms with Crippen LogP contribution in [0.25, 0.3) is 0 Å². The molecule has 0 unspecified atom stereocenters. The van der Waals surface area contributed by atoms with Crippen LogP contribution in [0.2, 0.25) is 0 Å². The maximum absolute atomic E-state index is 13.4. The molecular formula is C24H29N3O5S. The van der Waals surface area contributed by atoms with E-state index >= 15 is 0 Å². The van der Waals surface area contributed by atoms with Gasteiger partial charge in [0.05, 0.1) is 23.6 Å². The number of rotatable bonds is 5. The predicted molar refractivity (Wildman–Crippen MR) is 126 cm³/mol. The summed E-state index contributed by atoms with van der Waals surface area (Å²) in [4.78, 5) is 25.0. The molecule has 176 valence electrons. The van der Waals surface area contributed by atoms with Crippen LogP contribution in [0.4, 0.5) is 11.4 Å². The van der Waals surface area contributed by atoms with Gasteiger partial charge in [0.1, 0.15) is 5.75 Å². The van der Waals surface area contributed by atoms with E-state index in [9.17, 15) is 18.0 Å². The molecule has 2 amide bonds. The summed E-state index contributed by atoms with van der Waals surface area (Å²) in [6.45, 7) is 2.42. The molecule has 0 bridgehead atoms. The highest BCUT2D eigenvalue weighted by Gasteiger charge is 2.34. The number of aryl methyl sites for hydroxylation is 2. The average molecular weight is 472 g/mol. The second-order valence-electron chi connectivity index (χ2n) is 8.62. The van der Waals surface area contributed by atoms with Gasteiger partial charge in [-0.15, -0.1) is 0 Å². The van der Waals surface area contributed by atoms with Crippen LogP contribution < -0.4 is 15.4 Å². The zero-order valence-corrected chi connectivity index (χ0v) is 19.7. The molecule has 2 aromatic rings. The minimum absolute atomic E-state index is 0.0560. The number of sulfonamides is 1. The van der Waals surface area contributed by atoms with Crippen molar-refractivity contribution in [2.24, 2.45) is 5.92 Å². The lowest BCUT2D eigenvalue weighted by molar-refractivity contribution is -0.121. The third kappa shape index (κ3) is 5.04. The number of ether oxygens (including phenoxy) is 1. The summed E-state index contributed by atoms with van der Waals surface area (Å²) >= 11 is 0. The SMILES string of the molecule is COc1ccc(C)cc1NC(=O)[C@@H]1CCCN(S(=O)(=O)c2ccc3c(c2)CCCC(=O)N3)C1. The number of methoxy groups -OCH3 is 1. The predicted octanol–water partition coefficient (Wildman–Crippen LogP) is 3.32. The number of carbonyl (C=O) groups is 2. The fraction of sp³-hybridized carbons (Fsp3) is 0.417. The lowest BCUT2D eigenvalue weighted by Gasteiger charge is -2.31. The van der Waals surface area contributed by atoms with Gasteiger partial charge in [-0.25, -0.2) is 8.42 Å². The van der Waals surface area contributed by atoms with Crippen LogP contribution in [0.1, 0.15) is 36.8 Å². The molecule has 33 heavy (non-hydrogen) atoms. The Morgan fingerprint density at radius 3 is 2.76 bits per heavy atom. The molecule has 8 nitrogen and oxygen atoms in total. The highest BCUT2D eigenvalue weighted by atomic mass is 32.2. The Morgan fingerprint density at radius 2 is 1.97 bits per heavy atom. The van der Waals surface area contributed by atoms with Gasteiger partial charge in [0.25, 0.3) is 0 Å².